The molecular formula is C22H23F2N2O2+. The highest BCUT2D eigenvalue weighted by atomic mass is 19.3. The quantitative estimate of drug-likeness (QED) is 0.592. The predicted molar refractivity (Wildman–Crippen MR) is 102 cm³/mol. The first-order chi connectivity index (χ1) is 13.7. The van der Waals surface area contributed by atoms with Crippen molar-refractivity contribution in [2.75, 3.05) is 7.11 Å². The number of ether oxygens (including phenoxy) is 2. The Balaban J connectivity index is 1.81. The molecule has 4 nitrogen and oxygen atoms in total. The molecule has 0 atom stereocenters. The van der Waals surface area contributed by atoms with Crippen molar-refractivity contribution in [2.45, 2.75) is 38.8 Å². The number of nitrogens with zero attached hydrogens (tertiary/aromatic N) is 2. The summed E-state index contributed by atoms with van der Waals surface area (Å²) in [5, 5.41) is 0. The first kappa shape index (κ1) is 18.5. The highest BCUT2D eigenvalue weighted by molar-refractivity contribution is 5.60. The maximum absolute atomic E-state index is 12.4. The fourth-order valence-electron chi connectivity index (χ4n) is 3.85. The first-order valence-electron chi connectivity index (χ1n) is 9.50. The standard InChI is InChI=1S/C22H23F2N2O2/c1-27-20-8-5-4-7-18(20)26-15-19(25-14-6-2-3-9-21(25)26)16-10-12-17(13-11-16)28-22(23)24/h4-5,7-8,10-13,15,22H,2-3,6,9,14H2,1H3/q+1. The number of para-hydroxylation sites is 2. The van der Waals surface area contributed by atoms with Gasteiger partial charge >= 0.3 is 6.61 Å². The second-order valence-electron chi connectivity index (χ2n) is 6.84. The van der Waals surface area contributed by atoms with E-state index in [0.29, 0.717) is 0 Å². The van der Waals surface area contributed by atoms with Crippen LogP contribution in [0.15, 0.2) is 54.7 Å². The smallest absolute Gasteiger partial charge is 0.387 e. The molecule has 0 N–H and O–H groups in total. The number of halogens is 2. The Morgan fingerprint density at radius 3 is 2.54 bits per heavy atom. The highest BCUT2D eigenvalue weighted by Gasteiger charge is 2.28. The van der Waals surface area contributed by atoms with Gasteiger partial charge in [0.1, 0.15) is 11.9 Å². The number of rotatable bonds is 5. The molecule has 0 radical (unpaired) electrons. The second-order valence-corrected chi connectivity index (χ2v) is 6.84. The molecule has 0 unspecified atom stereocenters. The Morgan fingerprint density at radius 1 is 1.00 bits per heavy atom. The van der Waals surface area contributed by atoms with E-state index in [4.69, 9.17) is 4.74 Å². The van der Waals surface area contributed by atoms with Crippen molar-refractivity contribution in [2.24, 2.45) is 0 Å². The summed E-state index contributed by atoms with van der Waals surface area (Å²) in [6, 6.07) is 14.8. The largest absolute Gasteiger partial charge is 0.492 e. The monoisotopic (exact) mass is 385 g/mol. The molecule has 4 rings (SSSR count). The number of hydrogen-bond donors (Lipinski definition) is 0. The zero-order valence-electron chi connectivity index (χ0n) is 15.8. The van der Waals surface area contributed by atoms with Gasteiger partial charge in [0, 0.05) is 12.0 Å². The number of fused-ring (bicyclic) bond motifs is 1. The molecule has 146 valence electrons. The van der Waals surface area contributed by atoms with E-state index < -0.39 is 6.61 Å². The molecule has 2 aromatic carbocycles. The van der Waals surface area contributed by atoms with Gasteiger partial charge in [-0.15, -0.1) is 0 Å². The van der Waals surface area contributed by atoms with Crippen molar-refractivity contribution in [3.8, 4) is 28.4 Å². The molecule has 0 bridgehead atoms. The lowest BCUT2D eigenvalue weighted by Gasteiger charge is -2.06. The Morgan fingerprint density at radius 2 is 1.79 bits per heavy atom. The second kappa shape index (κ2) is 8.00. The summed E-state index contributed by atoms with van der Waals surface area (Å²) in [5.74, 6) is 2.21. The molecule has 6 heteroatoms. The molecular weight excluding hydrogens is 362 g/mol. The molecule has 28 heavy (non-hydrogen) atoms. The average molecular weight is 385 g/mol. The molecule has 2 heterocycles. The first-order valence-corrected chi connectivity index (χ1v) is 9.50. The summed E-state index contributed by atoms with van der Waals surface area (Å²) in [6.45, 7) is -1.88. The number of aromatic nitrogens is 2. The summed E-state index contributed by atoms with van der Waals surface area (Å²) in [5.41, 5.74) is 3.03. The van der Waals surface area contributed by atoms with Crippen molar-refractivity contribution in [3.63, 3.8) is 0 Å². The van der Waals surface area contributed by atoms with Gasteiger partial charge in [0.05, 0.1) is 13.7 Å². The summed E-state index contributed by atoms with van der Waals surface area (Å²) in [4.78, 5) is 0. The van der Waals surface area contributed by atoms with Gasteiger partial charge < -0.3 is 9.47 Å². The molecule has 0 saturated carbocycles. The zero-order chi connectivity index (χ0) is 19.5. The van der Waals surface area contributed by atoms with Crippen LogP contribution in [0.4, 0.5) is 8.78 Å². The van der Waals surface area contributed by atoms with Gasteiger partial charge in [0.15, 0.2) is 17.1 Å². The van der Waals surface area contributed by atoms with Crippen molar-refractivity contribution < 1.29 is 22.8 Å². The van der Waals surface area contributed by atoms with Gasteiger partial charge in [-0.25, -0.2) is 4.57 Å². The topological polar surface area (TPSA) is 27.3 Å². The van der Waals surface area contributed by atoms with Crippen LogP contribution in [0, 0.1) is 0 Å². The van der Waals surface area contributed by atoms with E-state index in [1.165, 1.54) is 12.2 Å². The fraction of sp³-hybridized carbons (Fsp3) is 0.318. The lowest BCUT2D eigenvalue weighted by molar-refractivity contribution is -0.604. The third-order valence-electron chi connectivity index (χ3n) is 5.13. The number of imidazole rings is 1. The summed E-state index contributed by atoms with van der Waals surface area (Å²) in [6.07, 6.45) is 6.53. The summed E-state index contributed by atoms with van der Waals surface area (Å²) >= 11 is 0. The van der Waals surface area contributed by atoms with Gasteiger partial charge in [-0.3, -0.25) is 0 Å². The predicted octanol–water partition coefficient (Wildman–Crippen LogP) is 4.77. The Labute approximate surface area is 163 Å². The zero-order valence-corrected chi connectivity index (χ0v) is 15.8. The van der Waals surface area contributed by atoms with Crippen molar-refractivity contribution >= 4 is 0 Å². The van der Waals surface area contributed by atoms with Gasteiger partial charge in [0.25, 0.3) is 5.82 Å². The van der Waals surface area contributed by atoms with Gasteiger partial charge in [0.2, 0.25) is 0 Å². The van der Waals surface area contributed by atoms with Crippen LogP contribution in [0.25, 0.3) is 16.9 Å². The SMILES string of the molecule is COc1ccccc1-[n+]1cc(-c2ccc(OC(F)F)cc2)n2c1CCCCC2. The molecule has 0 fully saturated rings. The molecule has 1 aliphatic rings. The van der Waals surface area contributed by atoms with E-state index in [2.05, 4.69) is 20.1 Å². The fourth-order valence-corrected chi connectivity index (χ4v) is 3.85. The molecule has 0 saturated heterocycles. The maximum atomic E-state index is 12.4. The number of methoxy groups -OCH3 is 1. The summed E-state index contributed by atoms with van der Waals surface area (Å²) in [7, 11) is 1.68. The normalized spacial score (nSPS) is 13.9. The van der Waals surface area contributed by atoms with Gasteiger partial charge in [-0.2, -0.15) is 13.3 Å². The maximum Gasteiger partial charge on any atom is 0.387 e. The Bertz CT molecular complexity index is 952. The Hall–Kier alpha value is -2.89. The third-order valence-corrected chi connectivity index (χ3v) is 5.13. The van der Waals surface area contributed by atoms with Crippen molar-refractivity contribution in [1.29, 1.82) is 0 Å². The molecule has 0 amide bonds. The molecule has 0 spiro atoms. The van der Waals surface area contributed by atoms with Gasteiger partial charge in [-0.1, -0.05) is 12.1 Å². The molecule has 1 aliphatic heterocycles. The minimum absolute atomic E-state index is 0.166. The number of alkyl halides is 2. The van der Waals surface area contributed by atoms with E-state index in [9.17, 15) is 8.78 Å². The van der Waals surface area contributed by atoms with Crippen LogP contribution >= 0.6 is 0 Å². The van der Waals surface area contributed by atoms with Crippen LogP contribution < -0.4 is 14.0 Å². The minimum atomic E-state index is -2.82. The van der Waals surface area contributed by atoms with Crippen LogP contribution in [0.5, 0.6) is 11.5 Å². The van der Waals surface area contributed by atoms with Crippen LogP contribution in [-0.2, 0) is 13.0 Å². The van der Waals surface area contributed by atoms with E-state index in [-0.39, 0.29) is 5.75 Å². The third kappa shape index (κ3) is 3.59. The van der Waals surface area contributed by atoms with Gasteiger partial charge in [-0.05, 0) is 55.7 Å². The van der Waals surface area contributed by atoms with E-state index in [1.807, 2.05) is 36.4 Å². The highest BCUT2D eigenvalue weighted by Crippen LogP contribution is 2.28. The van der Waals surface area contributed by atoms with E-state index >= 15 is 0 Å². The Kier molecular flexibility index (Phi) is 5.28. The molecule has 3 aromatic rings. The van der Waals surface area contributed by atoms with E-state index in [1.54, 1.807) is 19.2 Å². The minimum Gasteiger partial charge on any atom is -0.492 e. The number of benzene rings is 2. The van der Waals surface area contributed by atoms with Crippen LogP contribution in [0.1, 0.15) is 25.1 Å². The van der Waals surface area contributed by atoms with E-state index in [0.717, 1.165) is 48.5 Å². The summed E-state index contributed by atoms with van der Waals surface area (Å²) < 4.78 is 39.5. The lowest BCUT2D eigenvalue weighted by Crippen LogP contribution is -2.34. The average Bonchev–Trinajstić information content (AvgIpc) is 2.89. The van der Waals surface area contributed by atoms with Crippen LogP contribution in [0.2, 0.25) is 0 Å². The molecule has 0 aliphatic carbocycles. The lowest BCUT2D eigenvalue weighted by atomic mass is 10.1. The van der Waals surface area contributed by atoms with Crippen molar-refractivity contribution in [1.82, 2.24) is 4.57 Å². The molecule has 1 aromatic heterocycles. The number of hydrogen-bond acceptors (Lipinski definition) is 2. The van der Waals surface area contributed by atoms with Crippen LogP contribution in [0.3, 0.4) is 0 Å². The van der Waals surface area contributed by atoms with Crippen LogP contribution in [-0.4, -0.2) is 18.3 Å². The van der Waals surface area contributed by atoms with Crippen molar-refractivity contribution in [3.05, 3.63) is 60.6 Å².